The zero-order valence-electron chi connectivity index (χ0n) is 12.8. The molecule has 0 saturated carbocycles. The number of benzene rings is 1. The second-order valence-electron chi connectivity index (χ2n) is 4.99. The number of hydrogen-bond donors (Lipinski definition) is 1. The Labute approximate surface area is 129 Å². The maximum atomic E-state index is 6.07. The monoisotopic (exact) mass is 306 g/mol. The Morgan fingerprint density at radius 3 is 2.81 bits per heavy atom. The van der Waals surface area contributed by atoms with Gasteiger partial charge in [-0.3, -0.25) is 0 Å². The topological polar surface area (TPSA) is 57.4 Å². The van der Waals surface area contributed by atoms with Gasteiger partial charge in [-0.05, 0) is 43.5 Å². The van der Waals surface area contributed by atoms with Crippen LogP contribution < -0.4 is 15.2 Å². The molecule has 0 saturated heterocycles. The minimum atomic E-state index is 0.126. The predicted octanol–water partition coefficient (Wildman–Crippen LogP) is 3.32. The first-order chi connectivity index (χ1) is 10.1. The summed E-state index contributed by atoms with van der Waals surface area (Å²) in [5, 5.41) is 3.08. The van der Waals surface area contributed by atoms with Crippen LogP contribution in [-0.4, -0.2) is 18.1 Å². The molecular weight excluding hydrogens is 284 g/mol. The number of rotatable bonds is 7. The number of nitrogens with zero attached hydrogens (tertiary/aromatic N) is 1. The summed E-state index contributed by atoms with van der Waals surface area (Å²) in [5.41, 5.74) is 8.11. The van der Waals surface area contributed by atoms with E-state index in [2.05, 4.69) is 11.9 Å². The highest BCUT2D eigenvalue weighted by Gasteiger charge is 2.10. The fourth-order valence-electron chi connectivity index (χ4n) is 2.04. The molecule has 0 amide bonds. The molecule has 21 heavy (non-hydrogen) atoms. The van der Waals surface area contributed by atoms with Crippen molar-refractivity contribution in [3.05, 3.63) is 39.8 Å². The van der Waals surface area contributed by atoms with E-state index >= 15 is 0 Å². The van der Waals surface area contributed by atoms with Gasteiger partial charge in [-0.25, -0.2) is 4.98 Å². The molecule has 1 atom stereocenters. The molecule has 0 spiro atoms. The van der Waals surface area contributed by atoms with Crippen molar-refractivity contribution in [2.24, 2.45) is 5.73 Å². The molecule has 114 valence electrons. The van der Waals surface area contributed by atoms with Crippen molar-refractivity contribution in [3.63, 3.8) is 0 Å². The first-order valence-corrected chi connectivity index (χ1v) is 7.96. The molecule has 1 aromatic heterocycles. The average Bonchev–Trinajstić information content (AvgIpc) is 2.91. The molecule has 2 aromatic rings. The fourth-order valence-corrected chi connectivity index (χ4v) is 2.63. The molecule has 2 rings (SSSR count). The highest BCUT2D eigenvalue weighted by molar-refractivity contribution is 7.09. The van der Waals surface area contributed by atoms with Crippen molar-refractivity contribution in [1.82, 2.24) is 4.98 Å². The molecule has 0 aliphatic rings. The molecule has 0 aliphatic carbocycles. The summed E-state index contributed by atoms with van der Waals surface area (Å²) in [7, 11) is 1.66. The molecule has 0 radical (unpaired) electrons. The number of aromatic nitrogens is 1. The molecule has 1 unspecified atom stereocenters. The fraction of sp³-hybridized carbons (Fsp3) is 0.438. The Hall–Kier alpha value is -1.59. The zero-order valence-corrected chi connectivity index (χ0v) is 13.6. The van der Waals surface area contributed by atoms with Crippen molar-refractivity contribution < 1.29 is 9.47 Å². The highest BCUT2D eigenvalue weighted by atomic mass is 32.1. The number of thiazole rings is 1. The van der Waals surface area contributed by atoms with E-state index in [4.69, 9.17) is 15.2 Å². The summed E-state index contributed by atoms with van der Waals surface area (Å²) in [4.78, 5) is 4.41. The summed E-state index contributed by atoms with van der Waals surface area (Å²) in [6.45, 7) is 4.56. The molecule has 4 nitrogen and oxygen atoms in total. The van der Waals surface area contributed by atoms with Crippen LogP contribution in [0.25, 0.3) is 0 Å². The largest absolute Gasteiger partial charge is 0.497 e. The van der Waals surface area contributed by atoms with Gasteiger partial charge in [0.25, 0.3) is 0 Å². The van der Waals surface area contributed by atoms with Crippen molar-refractivity contribution in [1.29, 1.82) is 0 Å². The molecule has 5 heteroatoms. The van der Waals surface area contributed by atoms with E-state index in [9.17, 15) is 0 Å². The number of hydrogen-bond acceptors (Lipinski definition) is 5. The first kappa shape index (κ1) is 15.8. The van der Waals surface area contributed by atoms with Crippen LogP contribution in [0.1, 0.15) is 29.6 Å². The van der Waals surface area contributed by atoms with E-state index in [1.54, 1.807) is 18.4 Å². The summed E-state index contributed by atoms with van der Waals surface area (Å²) in [6.07, 6.45) is 1.71. The summed E-state index contributed by atoms with van der Waals surface area (Å²) >= 11 is 1.63. The summed E-state index contributed by atoms with van der Waals surface area (Å²) in [6, 6.07) is 5.97. The van der Waals surface area contributed by atoms with Gasteiger partial charge in [0.1, 0.15) is 18.1 Å². The third-order valence-corrected chi connectivity index (χ3v) is 4.14. The van der Waals surface area contributed by atoms with E-state index in [0.29, 0.717) is 6.61 Å². The Kier molecular flexibility index (Phi) is 5.59. The smallest absolute Gasteiger partial charge is 0.131 e. The van der Waals surface area contributed by atoms with Crippen LogP contribution in [0.4, 0.5) is 0 Å². The normalized spacial score (nSPS) is 12.2. The van der Waals surface area contributed by atoms with Gasteiger partial charge in [0.05, 0.1) is 17.8 Å². The molecule has 0 bridgehead atoms. The van der Waals surface area contributed by atoms with Crippen LogP contribution in [0.3, 0.4) is 0 Å². The number of aryl methyl sites for hydroxylation is 1. The van der Waals surface area contributed by atoms with Crippen molar-refractivity contribution in [2.75, 3.05) is 7.11 Å². The van der Waals surface area contributed by atoms with Gasteiger partial charge >= 0.3 is 0 Å². The van der Waals surface area contributed by atoms with E-state index in [-0.39, 0.29) is 6.04 Å². The lowest BCUT2D eigenvalue weighted by Crippen LogP contribution is -2.21. The van der Waals surface area contributed by atoms with Crippen LogP contribution in [0, 0.1) is 6.92 Å². The Morgan fingerprint density at radius 2 is 2.19 bits per heavy atom. The lowest BCUT2D eigenvalue weighted by atomic mass is 10.0. The molecule has 0 aliphatic heterocycles. The van der Waals surface area contributed by atoms with Crippen LogP contribution in [0.15, 0.2) is 23.6 Å². The molecule has 0 fully saturated rings. The van der Waals surface area contributed by atoms with Crippen LogP contribution >= 0.6 is 11.3 Å². The van der Waals surface area contributed by atoms with Crippen molar-refractivity contribution >= 4 is 11.3 Å². The predicted molar refractivity (Wildman–Crippen MR) is 86.1 cm³/mol. The second-order valence-corrected chi connectivity index (χ2v) is 6.05. The minimum absolute atomic E-state index is 0.126. The van der Waals surface area contributed by atoms with Crippen molar-refractivity contribution in [3.8, 4) is 11.5 Å². The average molecular weight is 306 g/mol. The number of ether oxygens (including phenoxy) is 2. The Morgan fingerprint density at radius 1 is 1.38 bits per heavy atom. The van der Waals surface area contributed by atoms with Crippen LogP contribution in [0.2, 0.25) is 0 Å². The van der Waals surface area contributed by atoms with Crippen molar-refractivity contribution in [2.45, 2.75) is 39.3 Å². The third-order valence-electron chi connectivity index (χ3n) is 3.32. The molecular formula is C16H22N2O2S. The van der Waals surface area contributed by atoms with E-state index in [1.165, 1.54) is 0 Å². The standard InChI is InChI=1S/C16H22N2O2S/c1-4-13(17)7-12-8-15(19-3)5-6-16(12)20-9-14-10-21-11(2)18-14/h5-6,8,10,13H,4,7,9,17H2,1-3H3. The first-order valence-electron chi connectivity index (χ1n) is 7.08. The van der Waals surface area contributed by atoms with Gasteiger partial charge in [0.2, 0.25) is 0 Å². The summed E-state index contributed by atoms with van der Waals surface area (Å²) in [5.74, 6) is 1.68. The maximum Gasteiger partial charge on any atom is 0.131 e. The third kappa shape index (κ3) is 4.44. The Bertz CT molecular complexity index is 583. The molecule has 1 aromatic carbocycles. The van der Waals surface area contributed by atoms with E-state index < -0.39 is 0 Å². The second kappa shape index (κ2) is 7.43. The van der Waals surface area contributed by atoms with Gasteiger partial charge < -0.3 is 15.2 Å². The summed E-state index contributed by atoms with van der Waals surface area (Å²) < 4.78 is 11.2. The lowest BCUT2D eigenvalue weighted by molar-refractivity contribution is 0.297. The van der Waals surface area contributed by atoms with Crippen LogP contribution in [0.5, 0.6) is 11.5 Å². The molecule has 1 heterocycles. The van der Waals surface area contributed by atoms with Gasteiger partial charge in [0.15, 0.2) is 0 Å². The SMILES string of the molecule is CCC(N)Cc1cc(OC)ccc1OCc1csc(C)n1. The quantitative estimate of drug-likeness (QED) is 0.852. The molecule has 2 N–H and O–H groups in total. The highest BCUT2D eigenvalue weighted by Crippen LogP contribution is 2.26. The zero-order chi connectivity index (χ0) is 15.2. The number of methoxy groups -OCH3 is 1. The van der Waals surface area contributed by atoms with Crippen LogP contribution in [-0.2, 0) is 13.0 Å². The maximum absolute atomic E-state index is 6.07. The van der Waals surface area contributed by atoms with Gasteiger partial charge in [0, 0.05) is 11.4 Å². The van der Waals surface area contributed by atoms with Gasteiger partial charge in [-0.1, -0.05) is 6.92 Å². The van der Waals surface area contributed by atoms with E-state index in [0.717, 1.165) is 40.6 Å². The minimum Gasteiger partial charge on any atom is -0.497 e. The van der Waals surface area contributed by atoms with E-state index in [1.807, 2.05) is 30.5 Å². The van der Waals surface area contributed by atoms with Gasteiger partial charge in [-0.15, -0.1) is 11.3 Å². The number of nitrogens with two attached hydrogens (primary N) is 1. The lowest BCUT2D eigenvalue weighted by Gasteiger charge is -2.15. The van der Waals surface area contributed by atoms with Gasteiger partial charge in [-0.2, -0.15) is 0 Å². The Balaban J connectivity index is 2.12.